The van der Waals surface area contributed by atoms with Crippen LogP contribution in [0.25, 0.3) is 0 Å². The van der Waals surface area contributed by atoms with Gasteiger partial charge in [0.25, 0.3) is 0 Å². The van der Waals surface area contributed by atoms with Crippen molar-refractivity contribution in [3.8, 4) is 0 Å². The second-order valence-corrected chi connectivity index (χ2v) is 20.2. The summed E-state index contributed by atoms with van der Waals surface area (Å²) in [5.74, 6) is -0.907. The standard InChI is InChI=1S/C67H114O6/c1-4-7-10-13-16-19-22-24-26-27-28-29-30-31-32-33-34-35-36-37-38-39-41-42-45-48-51-54-57-60-66(69)72-63-64(62-71-65(68)59-56-53-50-47-44-21-18-15-12-9-6-3)73-67(70)61-58-55-52-49-46-43-40-25-23-20-17-14-11-8-5-2/h7-8,10-11,15-20,24-26,28-29,40,64H,4-6,9,12-14,21-23,27,30-39,41-63H2,1-3H3/b10-7-,11-8-,18-15-,19-16-,20-17-,26-24-,29-28-,40-25-. The van der Waals surface area contributed by atoms with Crippen LogP contribution in [-0.2, 0) is 28.6 Å². The fraction of sp³-hybridized carbons (Fsp3) is 0.716. The Morgan fingerprint density at radius 1 is 0.288 bits per heavy atom. The number of esters is 3. The molecule has 0 bridgehead atoms. The van der Waals surface area contributed by atoms with Crippen molar-refractivity contribution in [3.05, 3.63) is 97.2 Å². The molecule has 0 rings (SSSR count). The monoisotopic (exact) mass is 1010 g/mol. The zero-order chi connectivity index (χ0) is 52.9. The molecular weight excluding hydrogens is 901 g/mol. The molecule has 0 aromatic heterocycles. The van der Waals surface area contributed by atoms with Crippen molar-refractivity contribution in [1.29, 1.82) is 0 Å². The molecule has 0 aromatic rings. The Labute approximate surface area is 451 Å². The normalized spacial score (nSPS) is 12.8. The largest absolute Gasteiger partial charge is 0.462 e. The molecule has 0 spiro atoms. The third kappa shape index (κ3) is 59.1. The van der Waals surface area contributed by atoms with Gasteiger partial charge in [0.15, 0.2) is 6.10 Å². The number of carbonyl (C=O) groups excluding carboxylic acids is 3. The molecule has 0 aliphatic rings. The molecule has 73 heavy (non-hydrogen) atoms. The summed E-state index contributed by atoms with van der Waals surface area (Å²) in [6, 6.07) is 0. The highest BCUT2D eigenvalue weighted by Crippen LogP contribution is 2.16. The molecule has 0 saturated heterocycles. The van der Waals surface area contributed by atoms with Crippen LogP contribution in [0.4, 0.5) is 0 Å². The quantitative estimate of drug-likeness (QED) is 0.0261. The van der Waals surface area contributed by atoms with Crippen LogP contribution in [0.15, 0.2) is 97.2 Å². The summed E-state index contributed by atoms with van der Waals surface area (Å²) in [6.07, 6.45) is 81.4. The fourth-order valence-electron chi connectivity index (χ4n) is 8.49. The SMILES string of the molecule is CC/C=C\C/C=C\C/C=C\C/C=C\CCCCCCCCCCCCCCCCCCC(=O)OCC(COC(=O)CCCCCCC/C=C\CCCC)OC(=O)CCCCCCC/C=C\C/C=C\C/C=C\CC. The summed E-state index contributed by atoms with van der Waals surface area (Å²) in [7, 11) is 0. The lowest BCUT2D eigenvalue weighted by molar-refractivity contribution is -0.167. The van der Waals surface area contributed by atoms with Crippen LogP contribution >= 0.6 is 0 Å². The predicted molar refractivity (Wildman–Crippen MR) is 316 cm³/mol. The van der Waals surface area contributed by atoms with Crippen LogP contribution < -0.4 is 0 Å². The van der Waals surface area contributed by atoms with Crippen molar-refractivity contribution in [2.45, 2.75) is 297 Å². The van der Waals surface area contributed by atoms with Gasteiger partial charge in [0.1, 0.15) is 13.2 Å². The maximum atomic E-state index is 12.8. The van der Waals surface area contributed by atoms with Crippen LogP contribution in [0.3, 0.4) is 0 Å². The molecule has 0 fully saturated rings. The lowest BCUT2D eigenvalue weighted by Crippen LogP contribution is -2.30. The molecule has 6 nitrogen and oxygen atoms in total. The van der Waals surface area contributed by atoms with E-state index in [0.29, 0.717) is 19.3 Å². The third-order valence-corrected chi connectivity index (χ3v) is 13.1. The minimum atomic E-state index is -0.789. The summed E-state index contributed by atoms with van der Waals surface area (Å²) >= 11 is 0. The van der Waals surface area contributed by atoms with E-state index >= 15 is 0 Å². The van der Waals surface area contributed by atoms with Gasteiger partial charge in [-0.1, -0.05) is 259 Å². The molecule has 1 atom stereocenters. The summed E-state index contributed by atoms with van der Waals surface area (Å²) in [6.45, 7) is 6.37. The Hall–Kier alpha value is -3.67. The highest BCUT2D eigenvalue weighted by molar-refractivity contribution is 5.71. The molecule has 0 heterocycles. The van der Waals surface area contributed by atoms with Crippen LogP contribution in [0, 0.1) is 0 Å². The van der Waals surface area contributed by atoms with Crippen molar-refractivity contribution >= 4 is 17.9 Å². The minimum absolute atomic E-state index is 0.0856. The van der Waals surface area contributed by atoms with Crippen molar-refractivity contribution in [1.82, 2.24) is 0 Å². The van der Waals surface area contributed by atoms with Crippen molar-refractivity contribution in [2.24, 2.45) is 0 Å². The van der Waals surface area contributed by atoms with Crippen LogP contribution in [-0.4, -0.2) is 37.2 Å². The molecule has 0 N–H and O–H groups in total. The number of hydrogen-bond donors (Lipinski definition) is 0. The second kappa shape index (κ2) is 60.9. The van der Waals surface area contributed by atoms with Gasteiger partial charge in [-0.15, -0.1) is 0 Å². The number of unbranched alkanes of at least 4 members (excludes halogenated alkanes) is 28. The fourth-order valence-corrected chi connectivity index (χ4v) is 8.49. The Morgan fingerprint density at radius 3 is 0.849 bits per heavy atom. The predicted octanol–water partition coefficient (Wildman–Crippen LogP) is 20.9. The second-order valence-electron chi connectivity index (χ2n) is 20.2. The smallest absolute Gasteiger partial charge is 0.306 e. The van der Waals surface area contributed by atoms with E-state index in [1.54, 1.807) is 0 Å². The number of carbonyl (C=O) groups is 3. The number of ether oxygens (including phenoxy) is 3. The lowest BCUT2D eigenvalue weighted by Gasteiger charge is -2.18. The molecule has 0 amide bonds. The van der Waals surface area contributed by atoms with Crippen molar-refractivity contribution in [2.75, 3.05) is 13.2 Å². The van der Waals surface area contributed by atoms with E-state index in [-0.39, 0.29) is 31.1 Å². The van der Waals surface area contributed by atoms with E-state index < -0.39 is 6.10 Å². The van der Waals surface area contributed by atoms with E-state index in [0.717, 1.165) is 128 Å². The van der Waals surface area contributed by atoms with Crippen LogP contribution in [0.2, 0.25) is 0 Å². The van der Waals surface area contributed by atoms with Gasteiger partial charge in [0.05, 0.1) is 0 Å². The summed E-state index contributed by atoms with van der Waals surface area (Å²) in [4.78, 5) is 38.1. The van der Waals surface area contributed by atoms with Gasteiger partial charge in [-0.05, 0) is 109 Å². The number of rotatable bonds is 55. The highest BCUT2D eigenvalue weighted by atomic mass is 16.6. The average molecular weight is 1020 g/mol. The van der Waals surface area contributed by atoms with Gasteiger partial charge in [-0.2, -0.15) is 0 Å². The molecule has 6 heteroatoms. The summed E-state index contributed by atoms with van der Waals surface area (Å²) in [5.41, 5.74) is 0. The molecule has 1 unspecified atom stereocenters. The van der Waals surface area contributed by atoms with Gasteiger partial charge >= 0.3 is 17.9 Å². The summed E-state index contributed by atoms with van der Waals surface area (Å²) < 4.78 is 16.8. The Kier molecular flexibility index (Phi) is 57.8. The van der Waals surface area contributed by atoms with Gasteiger partial charge in [-0.3, -0.25) is 14.4 Å². The third-order valence-electron chi connectivity index (χ3n) is 13.1. The molecule has 0 aliphatic carbocycles. The lowest BCUT2D eigenvalue weighted by atomic mass is 10.0. The first-order chi connectivity index (χ1) is 36.0. The first kappa shape index (κ1) is 69.3. The minimum Gasteiger partial charge on any atom is -0.462 e. The number of allylic oxidation sites excluding steroid dienone is 16. The average Bonchev–Trinajstić information content (AvgIpc) is 3.39. The molecule has 0 aromatic carbocycles. The maximum Gasteiger partial charge on any atom is 0.306 e. The Bertz CT molecular complexity index is 1440. The zero-order valence-electron chi connectivity index (χ0n) is 47.9. The first-order valence-corrected chi connectivity index (χ1v) is 30.7. The topological polar surface area (TPSA) is 78.9 Å². The van der Waals surface area contributed by atoms with Gasteiger partial charge in [0, 0.05) is 19.3 Å². The van der Waals surface area contributed by atoms with E-state index in [1.165, 1.54) is 122 Å². The zero-order valence-corrected chi connectivity index (χ0v) is 47.9. The Balaban J connectivity index is 4.19. The molecule has 0 aliphatic heterocycles. The Morgan fingerprint density at radius 2 is 0.534 bits per heavy atom. The number of hydrogen-bond acceptors (Lipinski definition) is 6. The van der Waals surface area contributed by atoms with Crippen molar-refractivity contribution < 1.29 is 28.6 Å². The highest BCUT2D eigenvalue weighted by Gasteiger charge is 2.19. The molecular formula is C67H114O6. The van der Waals surface area contributed by atoms with E-state index in [4.69, 9.17) is 14.2 Å². The molecule has 0 radical (unpaired) electrons. The van der Waals surface area contributed by atoms with Gasteiger partial charge in [-0.25, -0.2) is 0 Å². The summed E-state index contributed by atoms with van der Waals surface area (Å²) in [5, 5.41) is 0. The molecule has 418 valence electrons. The van der Waals surface area contributed by atoms with Crippen LogP contribution in [0.5, 0.6) is 0 Å². The van der Waals surface area contributed by atoms with Gasteiger partial charge < -0.3 is 14.2 Å². The van der Waals surface area contributed by atoms with E-state index in [2.05, 4.69) is 118 Å². The van der Waals surface area contributed by atoms with Gasteiger partial charge in [0.2, 0.25) is 0 Å². The van der Waals surface area contributed by atoms with E-state index in [1.807, 2.05) is 0 Å². The van der Waals surface area contributed by atoms with Crippen molar-refractivity contribution in [3.63, 3.8) is 0 Å². The van der Waals surface area contributed by atoms with E-state index in [9.17, 15) is 14.4 Å². The molecule has 0 saturated carbocycles. The maximum absolute atomic E-state index is 12.8. The van der Waals surface area contributed by atoms with Crippen LogP contribution in [0.1, 0.15) is 290 Å². The first-order valence-electron chi connectivity index (χ1n) is 30.7.